The first-order valence-corrected chi connectivity index (χ1v) is 9.85. The zero-order chi connectivity index (χ0) is 21.5. The van der Waals surface area contributed by atoms with Crippen LogP contribution in [0.3, 0.4) is 0 Å². The molecule has 0 unspecified atom stereocenters. The van der Waals surface area contributed by atoms with Gasteiger partial charge in [0, 0.05) is 18.7 Å². The largest absolute Gasteiger partial charge is 0.403 e. The van der Waals surface area contributed by atoms with E-state index in [1.54, 1.807) is 0 Å². The van der Waals surface area contributed by atoms with Crippen LogP contribution in [-0.4, -0.2) is 27.5 Å². The molecule has 0 atom stereocenters. The normalized spacial score (nSPS) is 10.9. The molecule has 0 aliphatic rings. The molecule has 4 aromatic rings. The van der Waals surface area contributed by atoms with Gasteiger partial charge >= 0.3 is 6.01 Å². The molecule has 4 rings (SSSR count). The average Bonchev–Trinajstić information content (AvgIpc) is 3.24. The van der Waals surface area contributed by atoms with Gasteiger partial charge in [0.2, 0.25) is 11.8 Å². The molecule has 1 amide bonds. The number of nitrogens with one attached hydrogen (secondary N) is 1. The lowest BCUT2D eigenvalue weighted by molar-refractivity contribution is -0.117. The first-order valence-electron chi connectivity index (χ1n) is 9.85. The average molecular weight is 416 g/mol. The molecule has 156 valence electrons. The fourth-order valence-corrected chi connectivity index (χ4v) is 3.20. The summed E-state index contributed by atoms with van der Waals surface area (Å²) in [5.41, 5.74) is 2.80. The maximum Gasteiger partial charge on any atom is 0.322 e. The van der Waals surface area contributed by atoms with Crippen LogP contribution in [0.1, 0.15) is 11.1 Å². The molecule has 1 aromatic heterocycles. The maximum atomic E-state index is 13.1. The minimum Gasteiger partial charge on any atom is -0.403 e. The van der Waals surface area contributed by atoms with Gasteiger partial charge in [-0.15, -0.1) is 5.10 Å². The number of benzene rings is 3. The van der Waals surface area contributed by atoms with Gasteiger partial charge in [0.05, 0.1) is 6.54 Å². The first kappa shape index (κ1) is 20.4. The van der Waals surface area contributed by atoms with Gasteiger partial charge in [-0.2, -0.15) is 0 Å². The van der Waals surface area contributed by atoms with Crippen molar-refractivity contribution < 1.29 is 13.6 Å². The highest BCUT2D eigenvalue weighted by atomic mass is 19.1. The summed E-state index contributed by atoms with van der Waals surface area (Å²) in [4.78, 5) is 14.7. The van der Waals surface area contributed by atoms with Crippen LogP contribution in [0, 0.1) is 5.82 Å². The molecule has 0 aliphatic heterocycles. The molecule has 0 fully saturated rings. The molecular formula is C24H21FN4O2. The SMILES string of the molecule is O=C(CN(Cc1ccccc1)Cc1ccccc1)Nc1nnc(-c2ccc(F)cc2)o1. The van der Waals surface area contributed by atoms with E-state index in [9.17, 15) is 9.18 Å². The number of carbonyl (C=O) groups excluding carboxylic acids is 1. The van der Waals surface area contributed by atoms with Crippen LogP contribution in [-0.2, 0) is 17.9 Å². The molecular weight excluding hydrogens is 395 g/mol. The molecule has 0 spiro atoms. The number of hydrogen-bond donors (Lipinski definition) is 1. The van der Waals surface area contributed by atoms with E-state index in [4.69, 9.17) is 4.42 Å². The van der Waals surface area contributed by atoms with Crippen LogP contribution >= 0.6 is 0 Å². The quantitative estimate of drug-likeness (QED) is 0.457. The second-order valence-electron chi connectivity index (χ2n) is 7.08. The Labute approximate surface area is 179 Å². The molecule has 1 N–H and O–H groups in total. The van der Waals surface area contributed by atoms with Crippen molar-refractivity contribution >= 4 is 11.9 Å². The summed E-state index contributed by atoms with van der Waals surface area (Å²) < 4.78 is 18.6. The second kappa shape index (κ2) is 9.77. The molecule has 7 heteroatoms. The lowest BCUT2D eigenvalue weighted by Gasteiger charge is -2.21. The van der Waals surface area contributed by atoms with Gasteiger partial charge in [0.15, 0.2) is 0 Å². The predicted molar refractivity (Wildman–Crippen MR) is 115 cm³/mol. The Morgan fingerprint density at radius 2 is 1.42 bits per heavy atom. The van der Waals surface area contributed by atoms with Crippen molar-refractivity contribution in [2.24, 2.45) is 0 Å². The highest BCUT2D eigenvalue weighted by Gasteiger charge is 2.16. The molecule has 6 nitrogen and oxygen atoms in total. The molecule has 1 heterocycles. The minimum atomic E-state index is -0.353. The Balaban J connectivity index is 1.42. The van der Waals surface area contributed by atoms with Crippen LogP contribution in [0.5, 0.6) is 0 Å². The zero-order valence-corrected chi connectivity index (χ0v) is 16.7. The van der Waals surface area contributed by atoms with Gasteiger partial charge in [-0.25, -0.2) is 4.39 Å². The van der Waals surface area contributed by atoms with Gasteiger partial charge < -0.3 is 4.42 Å². The van der Waals surface area contributed by atoms with Crippen LogP contribution in [0.25, 0.3) is 11.5 Å². The van der Waals surface area contributed by atoms with Crippen molar-refractivity contribution in [3.05, 3.63) is 102 Å². The Morgan fingerprint density at radius 1 is 0.839 bits per heavy atom. The smallest absolute Gasteiger partial charge is 0.322 e. The molecule has 0 bridgehead atoms. The summed E-state index contributed by atoms with van der Waals surface area (Å²) in [5, 5.41) is 10.4. The van der Waals surface area contributed by atoms with E-state index < -0.39 is 0 Å². The number of hydrogen-bond acceptors (Lipinski definition) is 5. The molecule has 0 saturated heterocycles. The van der Waals surface area contributed by atoms with E-state index in [1.807, 2.05) is 65.6 Å². The molecule has 0 saturated carbocycles. The number of halogens is 1. The number of amides is 1. The summed E-state index contributed by atoms with van der Waals surface area (Å²) >= 11 is 0. The fraction of sp³-hybridized carbons (Fsp3) is 0.125. The van der Waals surface area contributed by atoms with E-state index in [1.165, 1.54) is 24.3 Å². The van der Waals surface area contributed by atoms with Crippen molar-refractivity contribution in [3.63, 3.8) is 0 Å². The Morgan fingerprint density at radius 3 is 2.00 bits per heavy atom. The summed E-state index contributed by atoms with van der Waals surface area (Å²) in [5.74, 6) is -0.407. The third-order valence-electron chi connectivity index (χ3n) is 4.63. The highest BCUT2D eigenvalue weighted by Crippen LogP contribution is 2.20. The Hall–Kier alpha value is -3.84. The van der Waals surface area contributed by atoms with Crippen molar-refractivity contribution in [1.29, 1.82) is 0 Å². The summed E-state index contributed by atoms with van der Waals surface area (Å²) in [7, 11) is 0. The topological polar surface area (TPSA) is 71.3 Å². The van der Waals surface area contributed by atoms with Crippen LogP contribution in [0.15, 0.2) is 89.3 Å². The third-order valence-corrected chi connectivity index (χ3v) is 4.63. The standard InChI is InChI=1S/C24H21FN4O2/c25-21-13-11-20(12-14-21)23-27-28-24(31-23)26-22(30)17-29(15-18-7-3-1-4-8-18)16-19-9-5-2-6-10-19/h1-14H,15-17H2,(H,26,28,30). The monoisotopic (exact) mass is 416 g/mol. The molecule has 31 heavy (non-hydrogen) atoms. The maximum absolute atomic E-state index is 13.1. The minimum absolute atomic E-state index is 0.00342. The second-order valence-corrected chi connectivity index (χ2v) is 7.08. The summed E-state index contributed by atoms with van der Waals surface area (Å²) in [6, 6.07) is 25.7. The first-order chi connectivity index (χ1) is 15.2. The Kier molecular flexibility index (Phi) is 6.44. The van der Waals surface area contributed by atoms with E-state index >= 15 is 0 Å². The van der Waals surface area contributed by atoms with Crippen LogP contribution in [0.2, 0.25) is 0 Å². The molecule has 0 aliphatic carbocycles. The fourth-order valence-electron chi connectivity index (χ4n) is 3.20. The predicted octanol–water partition coefficient (Wildman–Crippen LogP) is 4.52. The zero-order valence-electron chi connectivity index (χ0n) is 16.7. The van der Waals surface area contributed by atoms with Gasteiger partial charge in [-0.05, 0) is 35.4 Å². The van der Waals surface area contributed by atoms with Gasteiger partial charge in [0.25, 0.3) is 0 Å². The number of rotatable bonds is 8. The van der Waals surface area contributed by atoms with Crippen molar-refractivity contribution in [2.75, 3.05) is 11.9 Å². The lowest BCUT2D eigenvalue weighted by atomic mass is 10.1. The van der Waals surface area contributed by atoms with E-state index in [0.717, 1.165) is 11.1 Å². The van der Waals surface area contributed by atoms with Crippen LogP contribution < -0.4 is 5.32 Å². The van der Waals surface area contributed by atoms with Gasteiger partial charge in [-0.3, -0.25) is 15.0 Å². The molecule has 0 radical (unpaired) electrons. The summed E-state index contributed by atoms with van der Waals surface area (Å²) in [6.07, 6.45) is 0. The lowest BCUT2D eigenvalue weighted by Crippen LogP contribution is -2.32. The van der Waals surface area contributed by atoms with E-state index in [-0.39, 0.29) is 30.2 Å². The van der Waals surface area contributed by atoms with Crippen molar-refractivity contribution in [1.82, 2.24) is 15.1 Å². The van der Waals surface area contributed by atoms with E-state index in [0.29, 0.717) is 18.7 Å². The number of nitrogens with zero attached hydrogens (tertiary/aromatic N) is 3. The number of aromatic nitrogens is 2. The van der Waals surface area contributed by atoms with Gasteiger partial charge in [-0.1, -0.05) is 65.8 Å². The summed E-state index contributed by atoms with van der Waals surface area (Å²) in [6.45, 7) is 1.39. The van der Waals surface area contributed by atoms with E-state index in [2.05, 4.69) is 15.5 Å². The van der Waals surface area contributed by atoms with Crippen molar-refractivity contribution in [3.8, 4) is 11.5 Å². The number of carbonyl (C=O) groups is 1. The van der Waals surface area contributed by atoms with Crippen LogP contribution in [0.4, 0.5) is 10.4 Å². The molecule has 3 aromatic carbocycles. The van der Waals surface area contributed by atoms with Crippen molar-refractivity contribution in [2.45, 2.75) is 13.1 Å². The highest BCUT2D eigenvalue weighted by molar-refractivity contribution is 5.90. The number of anilines is 1. The van der Waals surface area contributed by atoms with Gasteiger partial charge in [0.1, 0.15) is 5.82 Å². The Bertz CT molecular complexity index is 1070. The third kappa shape index (κ3) is 5.83.